The zero-order valence-electron chi connectivity index (χ0n) is 18.8. The Bertz CT molecular complexity index is 1250. The molecule has 10 heteroatoms. The molecule has 176 valence electrons. The first-order valence-electron chi connectivity index (χ1n) is 11.1. The van der Waals surface area contributed by atoms with Crippen molar-refractivity contribution in [1.82, 2.24) is 19.8 Å². The number of carbonyl (C=O) groups excluding carboxylic acids is 1. The number of benzene rings is 2. The van der Waals surface area contributed by atoms with Gasteiger partial charge in [-0.05, 0) is 36.1 Å². The second-order valence-corrected chi connectivity index (χ2v) is 11.7. The van der Waals surface area contributed by atoms with Crippen molar-refractivity contribution in [2.45, 2.75) is 50.4 Å². The Hall–Kier alpha value is -2.59. The Balaban J connectivity index is 1.46. The summed E-state index contributed by atoms with van der Waals surface area (Å²) < 4.78 is 25.4. The van der Waals surface area contributed by atoms with Gasteiger partial charge in [-0.1, -0.05) is 61.2 Å². The normalized spacial score (nSPS) is 18.4. The maximum Gasteiger partial charge on any atom is 0.233 e. The zero-order chi connectivity index (χ0) is 23.6. The summed E-state index contributed by atoms with van der Waals surface area (Å²) in [5.41, 5.74) is 1.10. The molecular formula is C23H29N5O3S2. The summed E-state index contributed by atoms with van der Waals surface area (Å²) in [5, 5.41) is 11.2. The van der Waals surface area contributed by atoms with Crippen molar-refractivity contribution in [3.63, 3.8) is 0 Å². The van der Waals surface area contributed by atoms with Crippen LogP contribution in [0.1, 0.15) is 38.1 Å². The molecule has 2 heterocycles. The number of sulfone groups is 1. The van der Waals surface area contributed by atoms with Crippen molar-refractivity contribution in [1.29, 1.82) is 0 Å². The Kier molecular flexibility index (Phi) is 6.94. The second-order valence-electron chi connectivity index (χ2n) is 8.49. The molecular weight excluding hydrogens is 458 g/mol. The fourth-order valence-corrected chi connectivity index (χ4v) is 6.80. The molecule has 1 aliphatic heterocycles. The summed E-state index contributed by atoms with van der Waals surface area (Å²) >= 11 is 1.23. The van der Waals surface area contributed by atoms with Gasteiger partial charge in [-0.15, -0.1) is 10.2 Å². The van der Waals surface area contributed by atoms with E-state index in [1.165, 1.54) is 16.4 Å². The topological polar surface area (TPSA) is 111 Å². The van der Waals surface area contributed by atoms with Crippen molar-refractivity contribution in [2.24, 2.45) is 0 Å². The molecule has 0 aliphatic carbocycles. The second kappa shape index (κ2) is 9.72. The number of nitrogens with two attached hydrogens (primary N) is 1. The first-order valence-corrected chi connectivity index (χ1v) is 13.9. The lowest BCUT2D eigenvalue weighted by Crippen LogP contribution is -2.47. The van der Waals surface area contributed by atoms with Crippen molar-refractivity contribution in [3.05, 3.63) is 53.9 Å². The van der Waals surface area contributed by atoms with Crippen LogP contribution < -0.4 is 5.84 Å². The maximum atomic E-state index is 13.1. The highest BCUT2D eigenvalue weighted by Crippen LogP contribution is 2.25. The van der Waals surface area contributed by atoms with Gasteiger partial charge in [0.15, 0.2) is 15.7 Å². The molecule has 8 nitrogen and oxygen atoms in total. The number of aromatic nitrogens is 3. The minimum absolute atomic E-state index is 0.0333. The van der Waals surface area contributed by atoms with Crippen LogP contribution in [0, 0.1) is 0 Å². The molecule has 0 bridgehead atoms. The van der Waals surface area contributed by atoms with Crippen LogP contribution in [-0.2, 0) is 21.1 Å². The highest BCUT2D eigenvalue weighted by atomic mass is 32.2. The van der Waals surface area contributed by atoms with Crippen LogP contribution in [0.2, 0.25) is 0 Å². The molecule has 0 unspecified atom stereocenters. The number of thioether (sulfide) groups is 1. The van der Waals surface area contributed by atoms with Crippen molar-refractivity contribution in [2.75, 3.05) is 23.1 Å². The van der Waals surface area contributed by atoms with Gasteiger partial charge < -0.3 is 10.7 Å². The molecule has 1 amide bonds. The largest absolute Gasteiger partial charge is 0.336 e. The number of fused-ring (bicyclic) bond motifs is 1. The molecule has 1 aromatic heterocycles. The summed E-state index contributed by atoms with van der Waals surface area (Å²) in [6.45, 7) is 3.96. The molecule has 2 aromatic carbocycles. The quantitative estimate of drug-likeness (QED) is 0.384. The van der Waals surface area contributed by atoms with Gasteiger partial charge in [0, 0.05) is 18.5 Å². The number of nitrogens with zero attached hydrogens (tertiary/aromatic N) is 4. The third-order valence-electron chi connectivity index (χ3n) is 6.24. The van der Waals surface area contributed by atoms with Crippen LogP contribution in [0.4, 0.5) is 0 Å². The first-order chi connectivity index (χ1) is 15.8. The summed E-state index contributed by atoms with van der Waals surface area (Å²) in [5.74, 6) is 7.08. The lowest BCUT2D eigenvalue weighted by molar-refractivity contribution is -0.132. The van der Waals surface area contributed by atoms with Crippen LogP contribution in [0.5, 0.6) is 0 Å². The Morgan fingerprint density at radius 3 is 2.73 bits per heavy atom. The fraction of sp³-hybridized carbons (Fsp3) is 0.435. The van der Waals surface area contributed by atoms with Crippen LogP contribution in [0.25, 0.3) is 10.8 Å². The van der Waals surface area contributed by atoms with Gasteiger partial charge in [-0.25, -0.2) is 13.1 Å². The lowest BCUT2D eigenvalue weighted by Gasteiger charge is -2.33. The molecule has 1 aliphatic rings. The number of rotatable bonds is 8. The number of hydrogen-bond donors (Lipinski definition) is 1. The molecule has 1 fully saturated rings. The summed E-state index contributed by atoms with van der Waals surface area (Å²) in [7, 11) is -3.08. The van der Waals surface area contributed by atoms with Crippen LogP contribution >= 0.6 is 11.8 Å². The van der Waals surface area contributed by atoms with E-state index in [2.05, 4.69) is 28.4 Å². The molecule has 0 spiro atoms. The number of nitrogen functional groups attached to an aromatic ring is 1. The van der Waals surface area contributed by atoms with Crippen LogP contribution in [0.15, 0.2) is 47.6 Å². The lowest BCUT2D eigenvalue weighted by atomic mass is 10.0. The van der Waals surface area contributed by atoms with Gasteiger partial charge in [0.1, 0.15) is 0 Å². The average molecular weight is 488 g/mol. The Morgan fingerprint density at radius 1 is 1.24 bits per heavy atom. The van der Waals surface area contributed by atoms with E-state index in [0.29, 0.717) is 23.8 Å². The van der Waals surface area contributed by atoms with Gasteiger partial charge in [0.2, 0.25) is 11.1 Å². The third-order valence-corrected chi connectivity index (χ3v) is 8.92. The highest BCUT2D eigenvalue weighted by molar-refractivity contribution is 7.99. The van der Waals surface area contributed by atoms with E-state index in [1.54, 1.807) is 4.90 Å². The van der Waals surface area contributed by atoms with Gasteiger partial charge in [-0.3, -0.25) is 4.79 Å². The SMILES string of the molecule is CC[C@H](C)N(C(=O)CSc1nnc(Cc2cccc3ccccc23)n1N)[C@H]1CCS(=O)(=O)C1. The van der Waals surface area contributed by atoms with Crippen LogP contribution in [0.3, 0.4) is 0 Å². The minimum Gasteiger partial charge on any atom is -0.336 e. The zero-order valence-corrected chi connectivity index (χ0v) is 20.5. The maximum absolute atomic E-state index is 13.1. The molecule has 1 saturated heterocycles. The molecule has 3 aromatic rings. The molecule has 0 radical (unpaired) electrons. The fourth-order valence-electron chi connectivity index (χ4n) is 4.34. The van der Waals surface area contributed by atoms with Crippen molar-refractivity contribution in [3.8, 4) is 0 Å². The number of carbonyl (C=O) groups is 1. The minimum atomic E-state index is -3.08. The summed E-state index contributed by atoms with van der Waals surface area (Å²) in [6, 6.07) is 14.0. The molecule has 2 atom stereocenters. The summed E-state index contributed by atoms with van der Waals surface area (Å²) in [6.07, 6.45) is 1.78. The van der Waals surface area contributed by atoms with Gasteiger partial charge >= 0.3 is 0 Å². The van der Waals surface area contributed by atoms with E-state index in [-0.39, 0.29) is 35.2 Å². The highest BCUT2D eigenvalue weighted by Gasteiger charge is 2.36. The van der Waals surface area contributed by atoms with E-state index in [9.17, 15) is 13.2 Å². The van der Waals surface area contributed by atoms with Gasteiger partial charge in [0.05, 0.1) is 17.3 Å². The predicted molar refractivity (Wildman–Crippen MR) is 131 cm³/mol. The van der Waals surface area contributed by atoms with Gasteiger partial charge in [0.25, 0.3) is 0 Å². The van der Waals surface area contributed by atoms with E-state index >= 15 is 0 Å². The molecule has 33 heavy (non-hydrogen) atoms. The predicted octanol–water partition coefficient (Wildman–Crippen LogP) is 2.64. The number of hydrogen-bond acceptors (Lipinski definition) is 7. The van der Waals surface area contributed by atoms with Crippen molar-refractivity contribution >= 4 is 38.3 Å². The molecule has 4 rings (SSSR count). The monoisotopic (exact) mass is 487 g/mol. The average Bonchev–Trinajstić information content (AvgIpc) is 3.33. The Morgan fingerprint density at radius 2 is 2.00 bits per heavy atom. The van der Waals surface area contributed by atoms with Gasteiger partial charge in [-0.2, -0.15) is 0 Å². The van der Waals surface area contributed by atoms with E-state index in [4.69, 9.17) is 5.84 Å². The Labute approximate surface area is 198 Å². The summed E-state index contributed by atoms with van der Waals surface area (Å²) in [4.78, 5) is 14.8. The van der Waals surface area contributed by atoms with Crippen molar-refractivity contribution < 1.29 is 13.2 Å². The smallest absolute Gasteiger partial charge is 0.233 e. The first kappa shape index (κ1) is 23.6. The third kappa shape index (κ3) is 5.16. The van der Waals surface area contributed by atoms with E-state index in [1.807, 2.05) is 38.1 Å². The molecule has 0 saturated carbocycles. The molecule has 2 N–H and O–H groups in total. The standard InChI is InChI=1S/C23H29N5O3S2/c1-3-16(2)27(19-11-12-33(30,31)15-19)22(29)14-32-23-26-25-21(28(23)24)13-18-9-6-8-17-7-4-5-10-20(17)18/h4-10,16,19H,3,11-15,24H2,1-2H3/t16-,19-/m0/s1. The van der Waals surface area contributed by atoms with Crippen LogP contribution in [-0.4, -0.2) is 63.4 Å². The van der Waals surface area contributed by atoms with E-state index in [0.717, 1.165) is 22.8 Å². The van der Waals surface area contributed by atoms with E-state index < -0.39 is 9.84 Å². The number of amides is 1.